The number of fused-ring (bicyclic) bond motifs is 4. The Hall–Kier alpha value is -5.83. The molecule has 0 saturated heterocycles. The quantitative estimate of drug-likeness (QED) is 0.116. The van der Waals surface area contributed by atoms with Gasteiger partial charge in [0.2, 0.25) is 0 Å². The van der Waals surface area contributed by atoms with Crippen molar-refractivity contribution in [3.8, 4) is 39.3 Å². The van der Waals surface area contributed by atoms with E-state index in [4.69, 9.17) is 5.79 Å². The van der Waals surface area contributed by atoms with Gasteiger partial charge in [-0.25, -0.2) is 4.57 Å². The minimum atomic E-state index is -5.43. The highest BCUT2D eigenvalue weighted by atomic mass is 19.4. The Morgan fingerprint density at radius 3 is 1.79 bits per heavy atom. The molecule has 0 N–H and O–H groups in total. The van der Waals surface area contributed by atoms with Gasteiger partial charge in [0.25, 0.3) is 5.82 Å². The van der Waals surface area contributed by atoms with Crippen molar-refractivity contribution in [1.29, 1.82) is 0 Å². The maximum absolute atomic E-state index is 13.7. The Kier molecular flexibility index (Phi) is 9.87. The molecule has 0 radical (unpaired) electrons. The van der Waals surface area contributed by atoms with Gasteiger partial charge < -0.3 is 4.42 Å². The number of aromatic nitrogens is 2. The van der Waals surface area contributed by atoms with E-state index in [1.807, 2.05) is 30.3 Å². The lowest BCUT2D eigenvalue weighted by atomic mass is 9.68. The van der Waals surface area contributed by atoms with Crippen molar-refractivity contribution in [1.82, 2.24) is 4.57 Å². The van der Waals surface area contributed by atoms with E-state index in [1.54, 1.807) is 24.3 Å². The lowest BCUT2D eigenvalue weighted by molar-refractivity contribution is -0.633. The molecular weight excluding hydrogens is 795 g/mol. The molecule has 9 heteroatoms. The van der Waals surface area contributed by atoms with E-state index in [9.17, 15) is 26.3 Å². The van der Waals surface area contributed by atoms with E-state index in [0.29, 0.717) is 5.56 Å². The van der Waals surface area contributed by atoms with Gasteiger partial charge >= 0.3 is 12.4 Å². The number of para-hydroxylation sites is 3. The zero-order chi connectivity index (χ0) is 44.8. The summed E-state index contributed by atoms with van der Waals surface area (Å²) in [7, 11) is 2.13. The molecule has 9 rings (SSSR count). The summed E-state index contributed by atoms with van der Waals surface area (Å²) in [6.45, 7) is 11.1. The highest BCUT2D eigenvalue weighted by Crippen LogP contribution is 2.60. The van der Waals surface area contributed by atoms with Gasteiger partial charge in [-0.2, -0.15) is 30.9 Å². The number of aryl methyl sites for hydroxylation is 2. The van der Waals surface area contributed by atoms with Crippen LogP contribution in [0, 0.1) is 12.3 Å². The van der Waals surface area contributed by atoms with Crippen LogP contribution in [0.5, 0.6) is 0 Å². The predicted octanol–water partition coefficient (Wildman–Crippen LogP) is 15.7. The largest absolute Gasteiger partial charge is 0.455 e. The number of imidazole rings is 1. The number of benzene rings is 6. The van der Waals surface area contributed by atoms with E-state index in [2.05, 4.69) is 118 Å². The first kappa shape index (κ1) is 40.3. The second-order valence-corrected chi connectivity index (χ2v) is 17.6. The Labute approximate surface area is 359 Å². The molecule has 62 heavy (non-hydrogen) atoms. The number of furan rings is 1. The van der Waals surface area contributed by atoms with Crippen molar-refractivity contribution < 1.29 is 36.7 Å². The molecule has 0 bridgehead atoms. The Morgan fingerprint density at radius 2 is 1.21 bits per heavy atom. The third kappa shape index (κ3) is 6.70. The third-order valence-corrected chi connectivity index (χ3v) is 13.3. The van der Waals surface area contributed by atoms with Gasteiger partial charge in [-0.3, -0.25) is 0 Å². The maximum atomic E-state index is 13.7. The van der Waals surface area contributed by atoms with Crippen LogP contribution in [0.1, 0.15) is 94.7 Å². The second-order valence-electron chi connectivity index (χ2n) is 17.6. The smallest absolute Gasteiger partial charge is 0.403 e. The molecule has 0 unspecified atom stereocenters. The van der Waals surface area contributed by atoms with Crippen molar-refractivity contribution in [2.45, 2.75) is 90.4 Å². The molecule has 2 aromatic heterocycles. The first-order valence-corrected chi connectivity index (χ1v) is 21.3. The predicted molar refractivity (Wildman–Crippen MR) is 237 cm³/mol. The summed E-state index contributed by atoms with van der Waals surface area (Å²) in [5.41, 5.74) is 10.1. The average molecular weight is 845 g/mol. The van der Waals surface area contributed by atoms with Gasteiger partial charge in [0.05, 0.1) is 7.05 Å². The van der Waals surface area contributed by atoms with E-state index in [-0.39, 0.29) is 11.8 Å². The molecule has 8 aromatic rings. The molecule has 3 nitrogen and oxygen atoms in total. The highest BCUT2D eigenvalue weighted by Gasteiger charge is 2.70. The molecule has 0 spiro atoms. The molecule has 2 heterocycles. The van der Waals surface area contributed by atoms with Gasteiger partial charge in [0.1, 0.15) is 16.8 Å². The van der Waals surface area contributed by atoms with Crippen molar-refractivity contribution in [2.75, 3.05) is 0 Å². The molecule has 6 aromatic carbocycles. The zero-order valence-corrected chi connectivity index (χ0v) is 35.6. The van der Waals surface area contributed by atoms with Crippen LogP contribution in [0.2, 0.25) is 0 Å². The number of hydrogen-bond acceptors (Lipinski definition) is 1. The fraction of sp³-hybridized carbons (Fsp3) is 0.302. The first-order valence-electron chi connectivity index (χ1n) is 21.8. The molecule has 1 aliphatic carbocycles. The standard InChI is InChI=1S/C53H49F6N2O/c1-31(2)42-29-39(37-22-20-35(21-23-37)34-16-18-36(19-17-34)38-25-27-51(28-26-38,52(54,55)56)53(57,58)59)30-43(32(3)4)48(42)61-45-13-9-8-12-44(45)60(6)50(61)47-33(5)15-24-41-40-11-7-10-14-46(40)62-49(41)47/h7-24,29-32,38H,25-28H2,1-6H3/q+1/i38D. The Bertz CT molecular complexity index is 2970. The minimum absolute atomic E-state index is 0.153. The molecule has 1 saturated carbocycles. The summed E-state index contributed by atoms with van der Waals surface area (Å²) in [6.07, 6.45) is -14.2. The average Bonchev–Trinajstić information content (AvgIpc) is 3.77. The molecule has 318 valence electrons. The molecule has 0 aliphatic heterocycles. The fourth-order valence-electron chi connectivity index (χ4n) is 9.72. The number of halogens is 6. The minimum Gasteiger partial charge on any atom is -0.455 e. The van der Waals surface area contributed by atoms with E-state index >= 15 is 0 Å². The van der Waals surface area contributed by atoms with Crippen LogP contribution in [-0.4, -0.2) is 16.9 Å². The van der Waals surface area contributed by atoms with Crippen LogP contribution in [0.25, 0.3) is 72.3 Å². The van der Waals surface area contributed by atoms with Crippen LogP contribution in [0.15, 0.2) is 126 Å². The molecule has 0 atom stereocenters. The van der Waals surface area contributed by atoms with Gasteiger partial charge in [0.15, 0.2) is 22.0 Å². The van der Waals surface area contributed by atoms with E-state index in [0.717, 1.165) is 77.9 Å². The summed E-state index contributed by atoms with van der Waals surface area (Å²) >= 11 is 0. The molecule has 1 aliphatic rings. The summed E-state index contributed by atoms with van der Waals surface area (Å²) < 4.78 is 103. The molecule has 1 fully saturated rings. The molecule has 0 amide bonds. The van der Waals surface area contributed by atoms with Crippen LogP contribution >= 0.6 is 0 Å². The molecular formula is C53H49F6N2O+. The van der Waals surface area contributed by atoms with Crippen LogP contribution < -0.4 is 4.57 Å². The van der Waals surface area contributed by atoms with Crippen molar-refractivity contribution in [3.63, 3.8) is 0 Å². The summed E-state index contributed by atoms with van der Waals surface area (Å²) in [5.74, 6) is -0.205. The van der Waals surface area contributed by atoms with Gasteiger partial charge in [-0.1, -0.05) is 119 Å². The summed E-state index contributed by atoms with van der Waals surface area (Å²) in [5, 5.41) is 2.15. The third-order valence-electron chi connectivity index (χ3n) is 13.3. The van der Waals surface area contributed by atoms with E-state index < -0.39 is 49.3 Å². The summed E-state index contributed by atoms with van der Waals surface area (Å²) in [4.78, 5) is 0. The topological polar surface area (TPSA) is 21.9 Å². The van der Waals surface area contributed by atoms with E-state index in [1.165, 1.54) is 11.1 Å². The number of nitrogens with zero attached hydrogens (tertiary/aromatic N) is 2. The lowest BCUT2D eigenvalue weighted by Crippen LogP contribution is -2.51. The van der Waals surface area contributed by atoms with Crippen LogP contribution in [0.3, 0.4) is 0 Å². The number of hydrogen-bond donors (Lipinski definition) is 0. The van der Waals surface area contributed by atoms with Gasteiger partial charge in [-0.15, -0.1) is 0 Å². The number of rotatable bonds is 7. The van der Waals surface area contributed by atoms with Gasteiger partial charge in [-0.05, 0) is 114 Å². The highest BCUT2D eigenvalue weighted by molar-refractivity contribution is 6.10. The normalized spacial score (nSPS) is 15.9. The summed E-state index contributed by atoms with van der Waals surface area (Å²) in [6, 6.07) is 40.8. The van der Waals surface area contributed by atoms with Crippen molar-refractivity contribution in [3.05, 3.63) is 144 Å². The van der Waals surface area contributed by atoms with Crippen molar-refractivity contribution in [2.24, 2.45) is 12.5 Å². The Balaban J connectivity index is 1.10. The van der Waals surface area contributed by atoms with Crippen LogP contribution in [0.4, 0.5) is 26.3 Å². The Morgan fingerprint density at radius 1 is 0.677 bits per heavy atom. The SMILES string of the molecule is [2H]C1(c2ccc(-c3ccc(-c4cc(C(C)C)c(-n5c(-c6c(C)ccc7c6oc6ccccc67)[n+](C)c6ccccc65)c(C(C)C)c4)cc3)cc2)CCC(C(F)(F)F)(C(F)(F)F)CC1. The second kappa shape index (κ2) is 15.2. The van der Waals surface area contributed by atoms with Crippen molar-refractivity contribution >= 4 is 33.0 Å². The monoisotopic (exact) mass is 844 g/mol. The maximum Gasteiger partial charge on any atom is 0.403 e. The lowest BCUT2D eigenvalue weighted by Gasteiger charge is -2.42. The first-order chi connectivity index (χ1) is 29.8. The fourth-order valence-corrected chi connectivity index (χ4v) is 9.72. The zero-order valence-electron chi connectivity index (χ0n) is 36.6. The van der Waals surface area contributed by atoms with Gasteiger partial charge in [0, 0.05) is 23.3 Å². The van der Waals surface area contributed by atoms with Crippen LogP contribution in [-0.2, 0) is 7.05 Å². The number of alkyl halides is 6.